The van der Waals surface area contributed by atoms with Crippen LogP contribution in [-0.4, -0.2) is 17.9 Å². The van der Waals surface area contributed by atoms with Crippen LogP contribution in [0.2, 0.25) is 10.0 Å². The van der Waals surface area contributed by atoms with Gasteiger partial charge in [0.25, 0.3) is 0 Å². The van der Waals surface area contributed by atoms with E-state index in [9.17, 15) is 9.59 Å². The fourth-order valence-electron chi connectivity index (χ4n) is 1.84. The topological polar surface area (TPSA) is 43.4 Å². The van der Waals surface area contributed by atoms with Crippen LogP contribution in [0.1, 0.15) is 49.9 Å². The van der Waals surface area contributed by atoms with Gasteiger partial charge < -0.3 is 4.74 Å². The van der Waals surface area contributed by atoms with Crippen LogP contribution in [0, 0.1) is 0 Å². The molecule has 0 aromatic heterocycles. The maximum Gasteiger partial charge on any atom is 0.341 e. The number of hydrogen-bond donors (Lipinski definition) is 0. The maximum absolute atomic E-state index is 12.1. The number of carbonyl (C=O) groups is 2. The minimum atomic E-state index is -0.722. The minimum absolute atomic E-state index is 0.0640. The highest BCUT2D eigenvalue weighted by atomic mass is 35.5. The average molecular weight is 317 g/mol. The Morgan fingerprint density at radius 1 is 1.15 bits per heavy atom. The quantitative estimate of drug-likeness (QED) is 0.685. The minimum Gasteiger partial charge on any atom is -0.451 e. The van der Waals surface area contributed by atoms with Crippen molar-refractivity contribution in [3.63, 3.8) is 0 Å². The van der Waals surface area contributed by atoms with E-state index < -0.39 is 12.1 Å². The summed E-state index contributed by atoms with van der Waals surface area (Å²) in [5.74, 6) is -0.714. The van der Waals surface area contributed by atoms with Gasteiger partial charge in [0.15, 0.2) is 11.9 Å². The SMILES string of the molecule is CCCC(=O)C(CCC)OC(=O)c1c(Cl)cccc1Cl. The summed E-state index contributed by atoms with van der Waals surface area (Å²) in [5.41, 5.74) is 0.112. The van der Waals surface area contributed by atoms with Gasteiger partial charge in [0.2, 0.25) is 0 Å². The van der Waals surface area contributed by atoms with Crippen molar-refractivity contribution >= 4 is 35.0 Å². The predicted octanol–water partition coefficient (Wildman–Crippen LogP) is 4.69. The summed E-state index contributed by atoms with van der Waals surface area (Å²) in [6.45, 7) is 3.84. The number of esters is 1. The van der Waals surface area contributed by atoms with Gasteiger partial charge in [0.05, 0.1) is 15.6 Å². The molecule has 0 fully saturated rings. The van der Waals surface area contributed by atoms with Crippen LogP contribution >= 0.6 is 23.2 Å². The van der Waals surface area contributed by atoms with Crippen LogP contribution in [0.3, 0.4) is 0 Å². The lowest BCUT2D eigenvalue weighted by Gasteiger charge is -2.16. The lowest BCUT2D eigenvalue weighted by atomic mass is 10.1. The Labute approximate surface area is 129 Å². The summed E-state index contributed by atoms with van der Waals surface area (Å²) in [7, 11) is 0. The van der Waals surface area contributed by atoms with E-state index in [-0.39, 0.29) is 21.4 Å². The molecule has 0 saturated carbocycles. The molecule has 20 heavy (non-hydrogen) atoms. The van der Waals surface area contributed by atoms with Gasteiger partial charge in [-0.3, -0.25) is 4.79 Å². The number of ketones is 1. The van der Waals surface area contributed by atoms with Crippen LogP contribution in [0.25, 0.3) is 0 Å². The lowest BCUT2D eigenvalue weighted by molar-refractivity contribution is -0.128. The standard InChI is InChI=1S/C15H18Cl2O3/c1-3-6-12(18)13(7-4-2)20-15(19)14-10(16)8-5-9-11(14)17/h5,8-9,13H,3-4,6-7H2,1-2H3. The molecule has 0 amide bonds. The highest BCUT2D eigenvalue weighted by Crippen LogP contribution is 2.26. The van der Waals surface area contributed by atoms with Crippen molar-refractivity contribution in [2.75, 3.05) is 0 Å². The highest BCUT2D eigenvalue weighted by molar-refractivity contribution is 6.39. The van der Waals surface area contributed by atoms with Gasteiger partial charge in [-0.15, -0.1) is 0 Å². The number of rotatable bonds is 7. The molecule has 1 aromatic carbocycles. The second-order valence-electron chi connectivity index (χ2n) is 4.50. The first-order valence-electron chi connectivity index (χ1n) is 6.68. The third kappa shape index (κ3) is 4.50. The Hall–Kier alpha value is -1.06. The largest absolute Gasteiger partial charge is 0.451 e. The molecule has 5 heteroatoms. The van der Waals surface area contributed by atoms with E-state index >= 15 is 0 Å². The molecule has 0 heterocycles. The molecule has 3 nitrogen and oxygen atoms in total. The third-order valence-electron chi connectivity index (χ3n) is 2.82. The number of benzene rings is 1. The summed E-state index contributed by atoms with van der Waals surface area (Å²) in [6, 6.07) is 4.77. The molecule has 0 aliphatic heterocycles. The molecule has 110 valence electrons. The number of hydrogen-bond acceptors (Lipinski definition) is 3. The van der Waals surface area contributed by atoms with Gasteiger partial charge in [0, 0.05) is 6.42 Å². The number of Topliss-reactive ketones (excluding diaryl/α,β-unsaturated/α-hetero) is 1. The summed E-state index contributed by atoms with van der Waals surface area (Å²) < 4.78 is 5.30. The van der Waals surface area contributed by atoms with E-state index in [0.29, 0.717) is 12.8 Å². The maximum atomic E-state index is 12.1. The van der Waals surface area contributed by atoms with Gasteiger partial charge in [-0.2, -0.15) is 0 Å². The molecule has 0 N–H and O–H groups in total. The van der Waals surface area contributed by atoms with Crippen LogP contribution in [0.15, 0.2) is 18.2 Å². The van der Waals surface area contributed by atoms with E-state index in [1.807, 2.05) is 13.8 Å². The van der Waals surface area contributed by atoms with Crippen molar-refractivity contribution in [1.82, 2.24) is 0 Å². The van der Waals surface area contributed by atoms with Gasteiger partial charge >= 0.3 is 5.97 Å². The lowest BCUT2D eigenvalue weighted by Crippen LogP contribution is -2.27. The van der Waals surface area contributed by atoms with Crippen molar-refractivity contribution < 1.29 is 14.3 Å². The Bertz CT molecular complexity index is 466. The Balaban J connectivity index is 2.88. The second-order valence-corrected chi connectivity index (χ2v) is 5.31. The fraction of sp³-hybridized carbons (Fsp3) is 0.467. The van der Waals surface area contributed by atoms with Crippen molar-refractivity contribution in [3.8, 4) is 0 Å². The Morgan fingerprint density at radius 3 is 2.25 bits per heavy atom. The van der Waals surface area contributed by atoms with E-state index in [4.69, 9.17) is 27.9 Å². The van der Waals surface area contributed by atoms with Gasteiger partial charge in [-0.25, -0.2) is 4.79 Å². The summed E-state index contributed by atoms with van der Waals surface area (Å²) in [5, 5.41) is 0.446. The zero-order valence-electron chi connectivity index (χ0n) is 11.6. The first-order chi connectivity index (χ1) is 9.51. The molecule has 0 bridgehead atoms. The summed E-state index contributed by atoms with van der Waals surface area (Å²) in [4.78, 5) is 24.1. The van der Waals surface area contributed by atoms with Crippen molar-refractivity contribution in [2.45, 2.75) is 45.6 Å². The molecule has 0 saturated heterocycles. The zero-order chi connectivity index (χ0) is 15.1. The molecule has 1 atom stereocenters. The Morgan fingerprint density at radius 2 is 1.75 bits per heavy atom. The molecule has 1 rings (SSSR count). The van der Waals surface area contributed by atoms with Gasteiger partial charge in [-0.05, 0) is 25.0 Å². The monoisotopic (exact) mass is 316 g/mol. The molecule has 1 aromatic rings. The van der Waals surface area contributed by atoms with Crippen LogP contribution < -0.4 is 0 Å². The molecule has 0 radical (unpaired) electrons. The van der Waals surface area contributed by atoms with Crippen LogP contribution in [0.5, 0.6) is 0 Å². The average Bonchev–Trinajstić information content (AvgIpc) is 2.38. The van der Waals surface area contributed by atoms with Crippen LogP contribution in [0.4, 0.5) is 0 Å². The van der Waals surface area contributed by atoms with E-state index in [0.717, 1.165) is 12.8 Å². The first-order valence-corrected chi connectivity index (χ1v) is 7.44. The fourth-order valence-corrected chi connectivity index (χ4v) is 2.39. The highest BCUT2D eigenvalue weighted by Gasteiger charge is 2.24. The van der Waals surface area contributed by atoms with Gasteiger partial charge in [-0.1, -0.05) is 49.5 Å². The van der Waals surface area contributed by atoms with Gasteiger partial charge in [0.1, 0.15) is 0 Å². The smallest absolute Gasteiger partial charge is 0.341 e. The molecule has 1 unspecified atom stereocenters. The number of carbonyl (C=O) groups excluding carboxylic acids is 2. The van der Waals surface area contributed by atoms with Crippen molar-refractivity contribution in [3.05, 3.63) is 33.8 Å². The first kappa shape index (κ1) is 17.0. The zero-order valence-corrected chi connectivity index (χ0v) is 13.1. The number of ether oxygens (including phenoxy) is 1. The third-order valence-corrected chi connectivity index (χ3v) is 3.45. The number of halogens is 2. The molecular weight excluding hydrogens is 299 g/mol. The molecule has 0 aliphatic carbocycles. The Kier molecular flexibility index (Phi) is 7.03. The summed E-state index contributed by atoms with van der Waals surface area (Å²) >= 11 is 11.9. The predicted molar refractivity (Wildman–Crippen MR) is 80.5 cm³/mol. The molecule has 0 spiro atoms. The molecule has 0 aliphatic rings. The van der Waals surface area contributed by atoms with Crippen LogP contribution in [-0.2, 0) is 9.53 Å². The normalized spacial score (nSPS) is 12.0. The van der Waals surface area contributed by atoms with Crippen molar-refractivity contribution in [1.29, 1.82) is 0 Å². The summed E-state index contributed by atoms with van der Waals surface area (Å²) in [6.07, 6.45) is 1.66. The second kappa shape index (κ2) is 8.28. The molecular formula is C15H18Cl2O3. The van der Waals surface area contributed by atoms with Crippen molar-refractivity contribution in [2.24, 2.45) is 0 Å². The van der Waals surface area contributed by atoms with E-state index in [1.165, 1.54) is 0 Å². The van der Waals surface area contributed by atoms with E-state index in [2.05, 4.69) is 0 Å². The van der Waals surface area contributed by atoms with E-state index in [1.54, 1.807) is 18.2 Å².